The van der Waals surface area contributed by atoms with Crippen molar-refractivity contribution in [2.24, 2.45) is 0 Å². The van der Waals surface area contributed by atoms with Gasteiger partial charge in [-0.05, 0) is 43.0 Å². The fourth-order valence-electron chi connectivity index (χ4n) is 1.90. The van der Waals surface area contributed by atoms with Gasteiger partial charge in [-0.3, -0.25) is 4.79 Å². The van der Waals surface area contributed by atoms with Gasteiger partial charge < -0.3 is 5.32 Å². The minimum Gasteiger partial charge on any atom is -0.346 e. The maximum absolute atomic E-state index is 13.6. The van der Waals surface area contributed by atoms with Gasteiger partial charge in [0.15, 0.2) is 0 Å². The maximum Gasteiger partial charge on any atom is 0.244 e. The molecule has 1 atom stereocenters. The van der Waals surface area contributed by atoms with E-state index in [-0.39, 0.29) is 11.5 Å². The molecular formula is C16H15F2NOS. The summed E-state index contributed by atoms with van der Waals surface area (Å²) < 4.78 is 26.5. The zero-order chi connectivity index (χ0) is 15.4. The predicted molar refractivity (Wildman–Crippen MR) is 81.0 cm³/mol. The molecule has 1 aromatic carbocycles. The molecule has 0 saturated heterocycles. The number of rotatable bonds is 4. The lowest BCUT2D eigenvalue weighted by Gasteiger charge is -2.13. The molecule has 1 amide bonds. The number of carbonyl (C=O) groups excluding carboxylic acids is 1. The van der Waals surface area contributed by atoms with Crippen molar-refractivity contribution < 1.29 is 13.6 Å². The molecule has 2 rings (SSSR count). The van der Waals surface area contributed by atoms with Crippen LogP contribution >= 0.6 is 11.3 Å². The Hall–Kier alpha value is -2.01. The van der Waals surface area contributed by atoms with E-state index >= 15 is 0 Å². The van der Waals surface area contributed by atoms with Gasteiger partial charge >= 0.3 is 0 Å². The molecule has 0 unspecified atom stereocenters. The van der Waals surface area contributed by atoms with E-state index < -0.39 is 17.7 Å². The van der Waals surface area contributed by atoms with Crippen LogP contribution in [0.15, 0.2) is 35.7 Å². The highest BCUT2D eigenvalue weighted by molar-refractivity contribution is 7.11. The predicted octanol–water partition coefficient (Wildman–Crippen LogP) is 4.23. The van der Waals surface area contributed by atoms with Crippen LogP contribution in [-0.2, 0) is 4.79 Å². The van der Waals surface area contributed by atoms with Gasteiger partial charge in [0.2, 0.25) is 5.91 Å². The summed E-state index contributed by atoms with van der Waals surface area (Å²) in [7, 11) is 0. The average molecular weight is 307 g/mol. The second-order valence-electron chi connectivity index (χ2n) is 4.70. The molecule has 0 bridgehead atoms. The highest BCUT2D eigenvalue weighted by Gasteiger charge is 2.13. The molecule has 2 nitrogen and oxygen atoms in total. The molecule has 1 heterocycles. The van der Waals surface area contributed by atoms with E-state index in [1.165, 1.54) is 18.2 Å². The number of carbonyl (C=O) groups is 1. The minimum absolute atomic E-state index is 0.255. The summed E-state index contributed by atoms with van der Waals surface area (Å²) in [6, 6.07) is 4.75. The van der Waals surface area contributed by atoms with Crippen molar-refractivity contribution >= 4 is 23.3 Å². The van der Waals surface area contributed by atoms with Crippen LogP contribution in [0.3, 0.4) is 0 Å². The maximum atomic E-state index is 13.6. The third-order valence-electron chi connectivity index (χ3n) is 3.08. The van der Waals surface area contributed by atoms with Gasteiger partial charge in [-0.25, -0.2) is 8.78 Å². The summed E-state index contributed by atoms with van der Waals surface area (Å²) >= 11 is 1.54. The van der Waals surface area contributed by atoms with Crippen molar-refractivity contribution in [2.45, 2.75) is 19.9 Å². The number of amides is 1. The second-order valence-corrected chi connectivity index (χ2v) is 5.65. The molecule has 1 aromatic heterocycles. The molecule has 0 spiro atoms. The van der Waals surface area contributed by atoms with E-state index in [1.807, 2.05) is 18.4 Å². The van der Waals surface area contributed by atoms with Crippen LogP contribution in [0.2, 0.25) is 0 Å². The number of halogens is 2. The molecule has 5 heteroatoms. The Morgan fingerprint density at radius 2 is 2.10 bits per heavy atom. The smallest absolute Gasteiger partial charge is 0.244 e. The molecule has 1 N–H and O–H groups in total. The van der Waals surface area contributed by atoms with Gasteiger partial charge in [-0.2, -0.15) is 0 Å². The molecule has 0 fully saturated rings. The first-order valence-electron chi connectivity index (χ1n) is 6.45. The summed E-state index contributed by atoms with van der Waals surface area (Å²) in [5.41, 5.74) is 1.35. The Morgan fingerprint density at radius 3 is 2.71 bits per heavy atom. The van der Waals surface area contributed by atoms with Crippen LogP contribution in [0.25, 0.3) is 6.08 Å². The Morgan fingerprint density at radius 1 is 1.33 bits per heavy atom. The fourth-order valence-corrected chi connectivity index (χ4v) is 2.72. The van der Waals surface area contributed by atoms with Crippen LogP contribution in [0.1, 0.15) is 29.0 Å². The highest BCUT2D eigenvalue weighted by atomic mass is 32.1. The van der Waals surface area contributed by atoms with E-state index in [1.54, 1.807) is 24.3 Å². The quantitative estimate of drug-likeness (QED) is 0.842. The number of hydrogen-bond acceptors (Lipinski definition) is 2. The van der Waals surface area contributed by atoms with Crippen LogP contribution in [0.4, 0.5) is 8.78 Å². The van der Waals surface area contributed by atoms with Crippen LogP contribution in [0.5, 0.6) is 0 Å². The van der Waals surface area contributed by atoms with Crippen molar-refractivity contribution in [3.05, 3.63) is 63.4 Å². The van der Waals surface area contributed by atoms with E-state index in [4.69, 9.17) is 0 Å². The molecule has 0 aliphatic carbocycles. The third-order valence-corrected chi connectivity index (χ3v) is 4.06. The second kappa shape index (κ2) is 6.63. The Bertz CT molecular complexity index is 679. The van der Waals surface area contributed by atoms with Gasteiger partial charge in [-0.15, -0.1) is 11.3 Å². The lowest BCUT2D eigenvalue weighted by Crippen LogP contribution is -2.25. The van der Waals surface area contributed by atoms with E-state index in [0.29, 0.717) is 0 Å². The first-order valence-corrected chi connectivity index (χ1v) is 7.33. The number of thiophene rings is 1. The number of aryl methyl sites for hydroxylation is 1. The van der Waals surface area contributed by atoms with Crippen molar-refractivity contribution in [2.75, 3.05) is 0 Å². The molecule has 0 radical (unpaired) electrons. The van der Waals surface area contributed by atoms with Crippen molar-refractivity contribution in [1.29, 1.82) is 0 Å². The van der Waals surface area contributed by atoms with Gasteiger partial charge in [0.25, 0.3) is 0 Å². The topological polar surface area (TPSA) is 29.1 Å². The summed E-state index contributed by atoms with van der Waals surface area (Å²) in [5.74, 6) is -1.62. The van der Waals surface area contributed by atoms with E-state index in [2.05, 4.69) is 5.32 Å². The Balaban J connectivity index is 2.02. The number of nitrogens with one attached hydrogen (secondary N) is 1. The first-order chi connectivity index (χ1) is 9.97. The molecule has 0 aliphatic rings. The molecular weight excluding hydrogens is 292 g/mol. The van der Waals surface area contributed by atoms with Crippen LogP contribution in [-0.4, -0.2) is 5.91 Å². The first kappa shape index (κ1) is 15.4. The average Bonchev–Trinajstić information content (AvgIpc) is 2.81. The number of hydrogen-bond donors (Lipinski definition) is 1. The minimum atomic E-state index is -0.666. The Labute approximate surface area is 126 Å². The molecule has 0 saturated carbocycles. The monoisotopic (exact) mass is 307 g/mol. The zero-order valence-electron chi connectivity index (χ0n) is 11.7. The summed E-state index contributed by atoms with van der Waals surface area (Å²) in [5, 5.41) is 4.60. The van der Waals surface area contributed by atoms with Gasteiger partial charge in [0.05, 0.1) is 6.04 Å². The lowest BCUT2D eigenvalue weighted by molar-refractivity contribution is -0.117. The summed E-state index contributed by atoms with van der Waals surface area (Å²) in [4.78, 5) is 12.8. The normalized spacial score (nSPS) is 12.6. The van der Waals surface area contributed by atoms with Crippen LogP contribution in [0, 0.1) is 18.6 Å². The van der Waals surface area contributed by atoms with Gasteiger partial charge in [0.1, 0.15) is 11.6 Å². The molecule has 21 heavy (non-hydrogen) atoms. The van der Waals surface area contributed by atoms with Gasteiger partial charge in [-0.1, -0.05) is 6.07 Å². The van der Waals surface area contributed by atoms with Crippen LogP contribution < -0.4 is 5.32 Å². The van der Waals surface area contributed by atoms with Gasteiger partial charge in [0, 0.05) is 22.6 Å². The van der Waals surface area contributed by atoms with E-state index in [0.717, 1.165) is 16.5 Å². The van der Waals surface area contributed by atoms with E-state index in [9.17, 15) is 13.6 Å². The standard InChI is InChI=1S/C16H15F2NOS/c1-10-7-8-21-15(10)5-6-16(20)19-11(2)13-4-3-12(17)9-14(13)18/h3-9,11H,1-2H3,(H,19,20)/b6-5+/t11-/m1/s1. The Kier molecular flexibility index (Phi) is 4.85. The van der Waals surface area contributed by atoms with Crippen molar-refractivity contribution in [3.63, 3.8) is 0 Å². The zero-order valence-corrected chi connectivity index (χ0v) is 12.5. The SMILES string of the molecule is Cc1ccsc1/C=C/C(=O)N[C@H](C)c1ccc(F)cc1F. The summed E-state index contributed by atoms with van der Waals surface area (Å²) in [6.07, 6.45) is 3.14. The largest absolute Gasteiger partial charge is 0.346 e. The van der Waals surface area contributed by atoms with Crippen molar-refractivity contribution in [3.8, 4) is 0 Å². The van der Waals surface area contributed by atoms with Crippen molar-refractivity contribution in [1.82, 2.24) is 5.32 Å². The highest BCUT2D eigenvalue weighted by Crippen LogP contribution is 2.19. The lowest BCUT2D eigenvalue weighted by atomic mass is 10.1. The molecule has 110 valence electrons. The fraction of sp³-hybridized carbons (Fsp3) is 0.188. The number of benzene rings is 1. The third kappa shape index (κ3) is 3.98. The summed E-state index contributed by atoms with van der Waals surface area (Å²) in [6.45, 7) is 3.61. The molecule has 2 aromatic rings. The molecule has 0 aliphatic heterocycles.